The normalized spacial score (nSPS) is 10.3. The molecule has 0 aliphatic heterocycles. The standard InChI is InChI=1S/C21H22N4O2/c1-4-27-19-13-9-8-12-17(19)24-20-14-18(22-15(2)23-20)21(26)25(3)16-10-6-5-7-11-16/h5-14H,4H2,1-3H3,(H,22,23,24). The van der Waals surface area contributed by atoms with Crippen molar-refractivity contribution in [3.8, 4) is 5.75 Å². The maximum atomic E-state index is 12.9. The zero-order valence-corrected chi connectivity index (χ0v) is 15.6. The van der Waals surface area contributed by atoms with E-state index in [-0.39, 0.29) is 5.91 Å². The lowest BCUT2D eigenvalue weighted by atomic mass is 10.2. The molecule has 0 unspecified atom stereocenters. The van der Waals surface area contributed by atoms with E-state index in [1.165, 1.54) is 0 Å². The van der Waals surface area contributed by atoms with Crippen molar-refractivity contribution < 1.29 is 9.53 Å². The van der Waals surface area contributed by atoms with Crippen molar-refractivity contribution in [1.82, 2.24) is 9.97 Å². The van der Waals surface area contributed by atoms with E-state index in [0.717, 1.165) is 17.1 Å². The quantitative estimate of drug-likeness (QED) is 0.712. The van der Waals surface area contributed by atoms with Gasteiger partial charge in [0.2, 0.25) is 0 Å². The number of aromatic nitrogens is 2. The van der Waals surface area contributed by atoms with Gasteiger partial charge in [-0.1, -0.05) is 30.3 Å². The van der Waals surface area contributed by atoms with Gasteiger partial charge in [-0.15, -0.1) is 0 Å². The number of nitrogens with zero attached hydrogens (tertiary/aromatic N) is 3. The number of rotatable bonds is 6. The van der Waals surface area contributed by atoms with Crippen LogP contribution >= 0.6 is 0 Å². The number of hydrogen-bond donors (Lipinski definition) is 1. The molecule has 3 rings (SSSR count). The monoisotopic (exact) mass is 362 g/mol. The van der Waals surface area contributed by atoms with Crippen molar-refractivity contribution >= 4 is 23.1 Å². The van der Waals surface area contributed by atoms with Gasteiger partial charge in [0.1, 0.15) is 23.1 Å². The minimum atomic E-state index is -0.201. The summed E-state index contributed by atoms with van der Waals surface area (Å²) in [5.74, 6) is 1.58. The van der Waals surface area contributed by atoms with E-state index in [2.05, 4.69) is 15.3 Å². The van der Waals surface area contributed by atoms with Gasteiger partial charge in [-0.3, -0.25) is 4.79 Å². The molecular formula is C21H22N4O2. The molecule has 6 nitrogen and oxygen atoms in total. The van der Waals surface area contributed by atoms with Crippen LogP contribution in [-0.4, -0.2) is 29.5 Å². The minimum Gasteiger partial charge on any atom is -0.492 e. The van der Waals surface area contributed by atoms with E-state index in [1.54, 1.807) is 24.9 Å². The molecule has 0 bridgehead atoms. The summed E-state index contributed by atoms with van der Waals surface area (Å²) in [4.78, 5) is 23.1. The zero-order chi connectivity index (χ0) is 19.2. The van der Waals surface area contributed by atoms with Gasteiger partial charge in [-0.25, -0.2) is 9.97 Å². The van der Waals surface area contributed by atoms with Crippen LogP contribution in [0.3, 0.4) is 0 Å². The molecule has 1 aromatic heterocycles. The number of hydrogen-bond acceptors (Lipinski definition) is 5. The van der Waals surface area contributed by atoms with E-state index in [0.29, 0.717) is 23.9 Å². The molecule has 27 heavy (non-hydrogen) atoms. The van der Waals surface area contributed by atoms with Crippen LogP contribution in [0, 0.1) is 6.92 Å². The molecule has 3 aromatic rings. The van der Waals surface area contributed by atoms with Crippen LogP contribution in [0.15, 0.2) is 60.7 Å². The zero-order valence-electron chi connectivity index (χ0n) is 15.6. The van der Waals surface area contributed by atoms with Crippen molar-refractivity contribution in [2.75, 3.05) is 23.9 Å². The van der Waals surface area contributed by atoms with Gasteiger partial charge in [-0.2, -0.15) is 0 Å². The van der Waals surface area contributed by atoms with Crippen LogP contribution in [0.25, 0.3) is 0 Å². The molecule has 1 heterocycles. The first-order chi connectivity index (χ1) is 13.1. The topological polar surface area (TPSA) is 67.3 Å². The maximum Gasteiger partial charge on any atom is 0.276 e. The first-order valence-corrected chi connectivity index (χ1v) is 8.76. The van der Waals surface area contributed by atoms with Gasteiger partial charge < -0.3 is 15.0 Å². The van der Waals surface area contributed by atoms with Gasteiger partial charge in [0, 0.05) is 18.8 Å². The Kier molecular flexibility index (Phi) is 5.66. The average Bonchev–Trinajstić information content (AvgIpc) is 2.69. The fourth-order valence-electron chi connectivity index (χ4n) is 2.67. The Morgan fingerprint density at radius 2 is 1.78 bits per heavy atom. The summed E-state index contributed by atoms with van der Waals surface area (Å²) in [6.07, 6.45) is 0. The first kappa shape index (κ1) is 18.4. The summed E-state index contributed by atoms with van der Waals surface area (Å²) in [6, 6.07) is 18.7. The Balaban J connectivity index is 1.88. The molecule has 0 atom stereocenters. The molecule has 6 heteroatoms. The summed E-state index contributed by atoms with van der Waals surface area (Å²) in [5, 5.41) is 3.23. The lowest BCUT2D eigenvalue weighted by Gasteiger charge is -2.17. The van der Waals surface area contributed by atoms with Gasteiger partial charge >= 0.3 is 0 Å². The molecule has 0 aliphatic carbocycles. The van der Waals surface area contributed by atoms with Gasteiger partial charge in [0.15, 0.2) is 0 Å². The lowest BCUT2D eigenvalue weighted by Crippen LogP contribution is -2.27. The molecule has 138 valence electrons. The number of aryl methyl sites for hydroxylation is 1. The van der Waals surface area contributed by atoms with E-state index in [9.17, 15) is 4.79 Å². The van der Waals surface area contributed by atoms with Crippen LogP contribution in [0.4, 0.5) is 17.2 Å². The molecule has 0 saturated carbocycles. The molecule has 0 fully saturated rings. The highest BCUT2D eigenvalue weighted by Gasteiger charge is 2.17. The highest BCUT2D eigenvalue weighted by atomic mass is 16.5. The molecule has 0 radical (unpaired) electrons. The number of nitrogens with one attached hydrogen (secondary N) is 1. The predicted octanol–water partition coefficient (Wildman–Crippen LogP) is 4.20. The predicted molar refractivity (Wildman–Crippen MR) is 107 cm³/mol. The highest BCUT2D eigenvalue weighted by molar-refractivity contribution is 6.04. The molecule has 0 saturated heterocycles. The third-order valence-electron chi connectivity index (χ3n) is 3.95. The van der Waals surface area contributed by atoms with Crippen LogP contribution in [0.2, 0.25) is 0 Å². The Hall–Kier alpha value is -3.41. The molecule has 0 aliphatic rings. The second-order valence-electron chi connectivity index (χ2n) is 5.94. The average molecular weight is 362 g/mol. The van der Waals surface area contributed by atoms with Crippen LogP contribution in [0.1, 0.15) is 23.2 Å². The lowest BCUT2D eigenvalue weighted by molar-refractivity contribution is 0.0988. The fourth-order valence-corrected chi connectivity index (χ4v) is 2.67. The Morgan fingerprint density at radius 1 is 1.07 bits per heavy atom. The van der Waals surface area contributed by atoms with E-state index in [4.69, 9.17) is 4.74 Å². The van der Waals surface area contributed by atoms with Crippen LogP contribution in [0.5, 0.6) is 5.75 Å². The number of benzene rings is 2. The number of anilines is 3. The Bertz CT molecular complexity index is 928. The smallest absolute Gasteiger partial charge is 0.276 e. The molecule has 1 amide bonds. The number of amides is 1. The van der Waals surface area contributed by atoms with Gasteiger partial charge in [-0.05, 0) is 38.1 Å². The summed E-state index contributed by atoms with van der Waals surface area (Å²) in [6.45, 7) is 4.26. The third kappa shape index (κ3) is 4.41. The van der Waals surface area contributed by atoms with Crippen molar-refractivity contribution in [2.24, 2.45) is 0 Å². The van der Waals surface area contributed by atoms with Crippen LogP contribution < -0.4 is 15.0 Å². The van der Waals surface area contributed by atoms with E-state index >= 15 is 0 Å². The minimum absolute atomic E-state index is 0.201. The molecule has 1 N–H and O–H groups in total. The van der Waals surface area contributed by atoms with Gasteiger partial charge in [0.05, 0.1) is 12.3 Å². The van der Waals surface area contributed by atoms with Crippen molar-refractivity contribution in [3.05, 3.63) is 72.2 Å². The first-order valence-electron chi connectivity index (χ1n) is 8.76. The summed E-state index contributed by atoms with van der Waals surface area (Å²) >= 11 is 0. The Morgan fingerprint density at radius 3 is 2.52 bits per heavy atom. The van der Waals surface area contributed by atoms with Crippen molar-refractivity contribution in [2.45, 2.75) is 13.8 Å². The number of carbonyl (C=O) groups excluding carboxylic acids is 1. The SMILES string of the molecule is CCOc1ccccc1Nc1cc(C(=O)N(C)c2ccccc2)nc(C)n1. The summed E-state index contributed by atoms with van der Waals surface area (Å²) in [7, 11) is 1.73. The Labute approximate surface area is 158 Å². The summed E-state index contributed by atoms with van der Waals surface area (Å²) in [5.41, 5.74) is 1.91. The molecular weight excluding hydrogens is 340 g/mol. The maximum absolute atomic E-state index is 12.9. The number of para-hydroxylation sites is 3. The van der Waals surface area contributed by atoms with Gasteiger partial charge in [0.25, 0.3) is 5.91 Å². The second-order valence-corrected chi connectivity index (χ2v) is 5.94. The summed E-state index contributed by atoms with van der Waals surface area (Å²) < 4.78 is 5.63. The van der Waals surface area contributed by atoms with Crippen LogP contribution in [-0.2, 0) is 0 Å². The molecule has 2 aromatic carbocycles. The molecule has 0 spiro atoms. The van der Waals surface area contributed by atoms with Crippen molar-refractivity contribution in [3.63, 3.8) is 0 Å². The third-order valence-corrected chi connectivity index (χ3v) is 3.95. The fraction of sp³-hybridized carbons (Fsp3) is 0.190. The van der Waals surface area contributed by atoms with E-state index < -0.39 is 0 Å². The number of carbonyl (C=O) groups is 1. The second kappa shape index (κ2) is 8.31. The largest absolute Gasteiger partial charge is 0.492 e. The van der Waals surface area contributed by atoms with Crippen molar-refractivity contribution in [1.29, 1.82) is 0 Å². The number of ether oxygens (including phenoxy) is 1. The van der Waals surface area contributed by atoms with E-state index in [1.807, 2.05) is 61.5 Å². The highest BCUT2D eigenvalue weighted by Crippen LogP contribution is 2.27.